The van der Waals surface area contributed by atoms with Gasteiger partial charge in [-0.15, -0.1) is 0 Å². The molecule has 5 heteroatoms. The molecule has 0 fully saturated rings. The first-order valence-corrected chi connectivity index (χ1v) is 7.37. The van der Waals surface area contributed by atoms with Gasteiger partial charge >= 0.3 is 0 Å². The van der Waals surface area contributed by atoms with E-state index in [1.807, 2.05) is 25.1 Å². The van der Waals surface area contributed by atoms with Crippen molar-refractivity contribution in [1.29, 1.82) is 0 Å². The highest BCUT2D eigenvalue weighted by Crippen LogP contribution is 2.23. The van der Waals surface area contributed by atoms with Crippen LogP contribution in [0.4, 0.5) is 10.1 Å². The summed E-state index contributed by atoms with van der Waals surface area (Å²) in [6.07, 6.45) is 0. The number of carbonyl (C=O) groups excluding carboxylic acids is 1. The van der Waals surface area contributed by atoms with Gasteiger partial charge in [-0.3, -0.25) is 4.79 Å². The van der Waals surface area contributed by atoms with E-state index in [0.29, 0.717) is 0 Å². The number of nitrogens with one attached hydrogen (secondary N) is 1. The highest BCUT2D eigenvalue weighted by Gasteiger charge is 2.13. The van der Waals surface area contributed by atoms with Crippen molar-refractivity contribution in [3.8, 4) is 0 Å². The molecule has 0 saturated carbocycles. The van der Waals surface area contributed by atoms with E-state index in [-0.39, 0.29) is 15.9 Å². The van der Waals surface area contributed by atoms with Gasteiger partial charge in [0, 0.05) is 9.26 Å². The number of benzene rings is 2. The van der Waals surface area contributed by atoms with Crippen LogP contribution in [0.25, 0.3) is 0 Å². The van der Waals surface area contributed by atoms with Crippen LogP contribution in [-0.2, 0) is 0 Å². The lowest BCUT2D eigenvalue weighted by molar-refractivity contribution is 0.102. The van der Waals surface area contributed by atoms with Crippen molar-refractivity contribution in [2.75, 3.05) is 5.32 Å². The highest BCUT2D eigenvalue weighted by atomic mass is 127. The molecule has 0 heterocycles. The molecular formula is C14H10BrFINO. The molecule has 1 N–H and O–H groups in total. The number of amides is 1. The summed E-state index contributed by atoms with van der Waals surface area (Å²) in [5, 5.41) is 2.78. The zero-order valence-corrected chi connectivity index (χ0v) is 13.7. The summed E-state index contributed by atoms with van der Waals surface area (Å²) in [6.45, 7) is 1.92. The lowest BCUT2D eigenvalue weighted by atomic mass is 10.1. The van der Waals surface area contributed by atoms with Crippen LogP contribution < -0.4 is 5.32 Å². The minimum Gasteiger partial charge on any atom is -0.322 e. The van der Waals surface area contributed by atoms with Crippen molar-refractivity contribution in [3.63, 3.8) is 0 Å². The fourth-order valence-electron chi connectivity index (χ4n) is 1.64. The zero-order valence-electron chi connectivity index (χ0n) is 10.0. The molecule has 0 aliphatic heterocycles. The Balaban J connectivity index is 2.28. The average Bonchev–Trinajstić information content (AvgIpc) is 2.36. The fraction of sp³-hybridized carbons (Fsp3) is 0.0714. The molecule has 2 nitrogen and oxygen atoms in total. The second kappa shape index (κ2) is 6.00. The van der Waals surface area contributed by atoms with E-state index in [9.17, 15) is 9.18 Å². The molecule has 0 aliphatic rings. The van der Waals surface area contributed by atoms with E-state index in [2.05, 4.69) is 43.8 Å². The zero-order chi connectivity index (χ0) is 14.0. The first kappa shape index (κ1) is 14.5. The smallest absolute Gasteiger partial charge is 0.256 e. The molecular weight excluding hydrogens is 424 g/mol. The highest BCUT2D eigenvalue weighted by molar-refractivity contribution is 14.1. The summed E-state index contributed by atoms with van der Waals surface area (Å²) >= 11 is 5.29. The molecule has 2 aromatic rings. The van der Waals surface area contributed by atoms with Crippen molar-refractivity contribution in [2.45, 2.75) is 6.92 Å². The Hall–Kier alpha value is -0.950. The lowest BCUT2D eigenvalue weighted by Gasteiger charge is -2.10. The molecule has 0 radical (unpaired) electrons. The second-order valence-corrected chi connectivity index (χ2v) is 6.05. The van der Waals surface area contributed by atoms with Gasteiger partial charge in [0.1, 0.15) is 5.82 Å². The number of anilines is 1. The van der Waals surface area contributed by atoms with Gasteiger partial charge in [0.15, 0.2) is 0 Å². The lowest BCUT2D eigenvalue weighted by Crippen LogP contribution is -2.14. The van der Waals surface area contributed by atoms with Crippen LogP contribution in [0.2, 0.25) is 0 Å². The third kappa shape index (κ3) is 3.33. The van der Waals surface area contributed by atoms with Crippen LogP contribution in [0.15, 0.2) is 40.9 Å². The van der Waals surface area contributed by atoms with E-state index < -0.39 is 5.82 Å². The van der Waals surface area contributed by atoms with Gasteiger partial charge in [-0.1, -0.05) is 6.07 Å². The number of hydrogen-bond acceptors (Lipinski definition) is 1. The van der Waals surface area contributed by atoms with Crippen LogP contribution in [0, 0.1) is 16.3 Å². The molecule has 2 rings (SSSR count). The largest absolute Gasteiger partial charge is 0.322 e. The molecule has 1 amide bonds. The van der Waals surface area contributed by atoms with E-state index in [1.165, 1.54) is 12.1 Å². The standard InChI is InChI=1S/C14H10BrFINO/c1-8-7-9(17)5-6-12(8)18-14(19)10-3-2-4-11(16)13(10)15/h2-7H,1H3,(H,18,19). The third-order valence-electron chi connectivity index (χ3n) is 2.63. The van der Waals surface area contributed by atoms with E-state index in [1.54, 1.807) is 6.07 Å². The molecule has 0 saturated heterocycles. The first-order valence-electron chi connectivity index (χ1n) is 5.50. The quantitative estimate of drug-likeness (QED) is 0.680. The first-order chi connectivity index (χ1) is 8.99. The second-order valence-electron chi connectivity index (χ2n) is 4.01. The molecule has 0 atom stereocenters. The minimum absolute atomic E-state index is 0.177. The molecule has 0 aromatic heterocycles. The molecule has 19 heavy (non-hydrogen) atoms. The van der Waals surface area contributed by atoms with Crippen LogP contribution in [0.5, 0.6) is 0 Å². The molecule has 0 bridgehead atoms. The third-order valence-corrected chi connectivity index (χ3v) is 4.11. The van der Waals surface area contributed by atoms with Crippen molar-refractivity contribution in [3.05, 3.63) is 61.4 Å². The number of carbonyl (C=O) groups is 1. The molecule has 0 spiro atoms. The Bertz CT molecular complexity index is 645. The molecule has 98 valence electrons. The number of aryl methyl sites for hydroxylation is 1. The molecule has 0 aliphatic carbocycles. The summed E-state index contributed by atoms with van der Waals surface area (Å²) < 4.78 is 14.7. The van der Waals surface area contributed by atoms with Gasteiger partial charge in [-0.05, 0) is 81.3 Å². The Kier molecular flexibility index (Phi) is 4.57. The minimum atomic E-state index is -0.452. The van der Waals surface area contributed by atoms with Crippen molar-refractivity contribution in [1.82, 2.24) is 0 Å². The van der Waals surface area contributed by atoms with E-state index in [0.717, 1.165) is 14.8 Å². The fourth-order valence-corrected chi connectivity index (χ4v) is 2.73. The van der Waals surface area contributed by atoms with Gasteiger partial charge in [0.2, 0.25) is 0 Å². The maximum Gasteiger partial charge on any atom is 0.256 e. The van der Waals surface area contributed by atoms with Crippen LogP contribution in [0.1, 0.15) is 15.9 Å². The SMILES string of the molecule is Cc1cc(I)ccc1NC(=O)c1cccc(F)c1Br. The maximum atomic E-state index is 13.4. The van der Waals surface area contributed by atoms with Crippen molar-refractivity contribution in [2.24, 2.45) is 0 Å². The number of halogens is 3. The summed E-state index contributed by atoms with van der Waals surface area (Å²) in [7, 11) is 0. The summed E-state index contributed by atoms with van der Waals surface area (Å²) in [5.41, 5.74) is 1.97. The van der Waals surface area contributed by atoms with E-state index >= 15 is 0 Å². The van der Waals surface area contributed by atoms with Crippen LogP contribution in [-0.4, -0.2) is 5.91 Å². The Labute approximate surface area is 132 Å². The normalized spacial score (nSPS) is 10.3. The predicted octanol–water partition coefficient (Wildman–Crippen LogP) is 4.75. The van der Waals surface area contributed by atoms with Gasteiger partial charge in [-0.2, -0.15) is 0 Å². The topological polar surface area (TPSA) is 29.1 Å². The number of rotatable bonds is 2. The van der Waals surface area contributed by atoms with Crippen molar-refractivity contribution < 1.29 is 9.18 Å². The van der Waals surface area contributed by atoms with Crippen LogP contribution >= 0.6 is 38.5 Å². The van der Waals surface area contributed by atoms with E-state index in [4.69, 9.17) is 0 Å². The molecule has 2 aromatic carbocycles. The maximum absolute atomic E-state index is 13.4. The number of hydrogen-bond donors (Lipinski definition) is 1. The summed E-state index contributed by atoms with van der Waals surface area (Å²) in [6, 6.07) is 10.1. The van der Waals surface area contributed by atoms with Gasteiger partial charge in [-0.25, -0.2) is 4.39 Å². The van der Waals surface area contributed by atoms with Crippen LogP contribution in [0.3, 0.4) is 0 Å². The van der Waals surface area contributed by atoms with Crippen molar-refractivity contribution >= 4 is 50.1 Å². The summed E-state index contributed by atoms with van der Waals surface area (Å²) in [5.74, 6) is -0.789. The predicted molar refractivity (Wildman–Crippen MR) is 85.9 cm³/mol. The monoisotopic (exact) mass is 433 g/mol. The molecule has 0 unspecified atom stereocenters. The Morgan fingerprint density at radius 3 is 2.74 bits per heavy atom. The van der Waals surface area contributed by atoms with Gasteiger partial charge in [0.25, 0.3) is 5.91 Å². The average molecular weight is 434 g/mol. The van der Waals surface area contributed by atoms with Gasteiger partial charge in [0.05, 0.1) is 10.0 Å². The Morgan fingerprint density at radius 2 is 2.05 bits per heavy atom. The van der Waals surface area contributed by atoms with Gasteiger partial charge < -0.3 is 5.32 Å². The summed E-state index contributed by atoms with van der Waals surface area (Å²) in [4.78, 5) is 12.1. The Morgan fingerprint density at radius 1 is 1.32 bits per heavy atom.